The molecule has 2 aromatic rings. The molecule has 0 heterocycles. The van der Waals surface area contributed by atoms with E-state index >= 15 is 0 Å². The summed E-state index contributed by atoms with van der Waals surface area (Å²) < 4.78 is 0. The van der Waals surface area contributed by atoms with Crippen molar-refractivity contribution in [3.05, 3.63) is 65.2 Å². The van der Waals surface area contributed by atoms with Crippen molar-refractivity contribution in [1.82, 2.24) is 0 Å². The fraction of sp³-hybridized carbons (Fsp3) is 0. The number of anilines is 1. The average Bonchev–Trinajstić information content (AvgIpc) is 2.48. The third-order valence-electron chi connectivity index (χ3n) is 2.56. The second-order valence-electron chi connectivity index (χ2n) is 3.89. The Morgan fingerprint density at radius 3 is 2.53 bits per heavy atom. The summed E-state index contributed by atoms with van der Waals surface area (Å²) in [5, 5.41) is 11.5. The van der Waals surface area contributed by atoms with Crippen LogP contribution in [-0.4, -0.2) is 12.2 Å². The van der Waals surface area contributed by atoms with Crippen LogP contribution < -0.4 is 5.32 Å². The molecule has 2 aromatic carbocycles. The Labute approximate surface area is 110 Å². The minimum atomic E-state index is -0.295. The van der Waals surface area contributed by atoms with Crippen molar-refractivity contribution in [3.63, 3.8) is 0 Å². The molecule has 0 radical (unpaired) electrons. The van der Waals surface area contributed by atoms with E-state index in [1.807, 2.05) is 6.07 Å². The molecule has 0 spiro atoms. The third-order valence-corrected chi connectivity index (χ3v) is 2.56. The molecule has 1 N–H and O–H groups in total. The third kappa shape index (κ3) is 3.05. The number of carbonyl (C=O) groups excluding carboxylic acids is 2. The normalized spacial score (nSPS) is 9.42. The zero-order valence-electron chi connectivity index (χ0n) is 9.96. The van der Waals surface area contributed by atoms with E-state index in [4.69, 9.17) is 5.26 Å². The number of aldehydes is 1. The van der Waals surface area contributed by atoms with Crippen molar-refractivity contribution in [2.45, 2.75) is 0 Å². The highest BCUT2D eigenvalue weighted by atomic mass is 16.1. The van der Waals surface area contributed by atoms with Crippen LogP contribution in [0.25, 0.3) is 0 Å². The molecule has 0 fully saturated rings. The van der Waals surface area contributed by atoms with Crippen molar-refractivity contribution in [3.8, 4) is 6.07 Å². The Hall–Kier alpha value is -2.93. The number of rotatable bonds is 3. The fourth-order valence-corrected chi connectivity index (χ4v) is 1.58. The molecule has 0 aliphatic carbocycles. The Bertz CT molecular complexity index is 655. The number of nitriles is 1. The Balaban J connectivity index is 2.15. The number of amides is 1. The van der Waals surface area contributed by atoms with Crippen LogP contribution in [0.2, 0.25) is 0 Å². The van der Waals surface area contributed by atoms with Gasteiger partial charge in [-0.25, -0.2) is 0 Å². The highest BCUT2D eigenvalue weighted by Gasteiger charge is 2.06. The number of hydrogen-bond acceptors (Lipinski definition) is 3. The molecule has 0 saturated carbocycles. The molecular formula is C15H10N2O2. The standard InChI is InChI=1S/C15H10N2O2/c16-9-12-2-1-3-13(8-12)15(19)17-14-6-4-11(10-18)5-7-14/h1-8,10H,(H,17,19). The molecule has 19 heavy (non-hydrogen) atoms. The summed E-state index contributed by atoms with van der Waals surface area (Å²) in [4.78, 5) is 22.5. The molecule has 0 aromatic heterocycles. The van der Waals surface area contributed by atoms with E-state index in [1.54, 1.807) is 42.5 Å². The molecule has 0 saturated heterocycles. The van der Waals surface area contributed by atoms with Gasteiger partial charge in [-0.2, -0.15) is 5.26 Å². The Morgan fingerprint density at radius 1 is 1.16 bits per heavy atom. The largest absolute Gasteiger partial charge is 0.322 e. The lowest BCUT2D eigenvalue weighted by Crippen LogP contribution is -2.11. The molecule has 0 aliphatic heterocycles. The van der Waals surface area contributed by atoms with Gasteiger partial charge in [0.05, 0.1) is 11.6 Å². The van der Waals surface area contributed by atoms with Crippen LogP contribution in [0.1, 0.15) is 26.3 Å². The molecule has 0 aliphatic rings. The summed E-state index contributed by atoms with van der Waals surface area (Å²) in [5.74, 6) is -0.295. The lowest BCUT2D eigenvalue weighted by atomic mass is 10.1. The van der Waals surface area contributed by atoms with Crippen molar-refractivity contribution in [1.29, 1.82) is 5.26 Å². The van der Waals surface area contributed by atoms with E-state index < -0.39 is 0 Å². The van der Waals surface area contributed by atoms with E-state index in [0.29, 0.717) is 22.4 Å². The summed E-state index contributed by atoms with van der Waals surface area (Å²) >= 11 is 0. The predicted octanol–water partition coefficient (Wildman–Crippen LogP) is 2.62. The number of nitrogens with zero attached hydrogens (tertiary/aromatic N) is 1. The molecule has 0 bridgehead atoms. The van der Waals surface area contributed by atoms with Crippen LogP contribution >= 0.6 is 0 Å². The Kier molecular flexibility index (Phi) is 3.70. The van der Waals surface area contributed by atoms with Crippen LogP contribution in [0.3, 0.4) is 0 Å². The zero-order valence-corrected chi connectivity index (χ0v) is 9.96. The van der Waals surface area contributed by atoms with Crippen molar-refractivity contribution in [2.75, 3.05) is 5.32 Å². The zero-order chi connectivity index (χ0) is 13.7. The van der Waals surface area contributed by atoms with Gasteiger partial charge in [-0.05, 0) is 42.5 Å². The summed E-state index contributed by atoms with van der Waals surface area (Å²) in [5.41, 5.74) is 1.99. The first kappa shape index (κ1) is 12.5. The lowest BCUT2D eigenvalue weighted by Gasteiger charge is -2.05. The van der Waals surface area contributed by atoms with Gasteiger partial charge in [-0.15, -0.1) is 0 Å². The number of nitrogens with one attached hydrogen (secondary N) is 1. The van der Waals surface area contributed by atoms with E-state index in [-0.39, 0.29) is 5.91 Å². The van der Waals surface area contributed by atoms with Gasteiger partial charge in [-0.3, -0.25) is 9.59 Å². The molecule has 1 amide bonds. The smallest absolute Gasteiger partial charge is 0.255 e. The van der Waals surface area contributed by atoms with Crippen molar-refractivity contribution < 1.29 is 9.59 Å². The maximum absolute atomic E-state index is 11.9. The summed E-state index contributed by atoms with van der Waals surface area (Å²) in [6.07, 6.45) is 0.738. The van der Waals surface area contributed by atoms with Gasteiger partial charge < -0.3 is 5.32 Å². The second-order valence-corrected chi connectivity index (χ2v) is 3.89. The van der Waals surface area contributed by atoms with Crippen LogP contribution in [-0.2, 0) is 0 Å². The van der Waals surface area contributed by atoms with Gasteiger partial charge >= 0.3 is 0 Å². The Morgan fingerprint density at radius 2 is 1.89 bits per heavy atom. The lowest BCUT2D eigenvalue weighted by molar-refractivity contribution is 0.102. The van der Waals surface area contributed by atoms with Crippen LogP contribution in [0.5, 0.6) is 0 Å². The van der Waals surface area contributed by atoms with Gasteiger partial charge in [0.25, 0.3) is 5.91 Å². The first-order valence-electron chi connectivity index (χ1n) is 5.59. The minimum absolute atomic E-state index is 0.295. The van der Waals surface area contributed by atoms with Crippen molar-refractivity contribution in [2.24, 2.45) is 0 Å². The van der Waals surface area contributed by atoms with Gasteiger partial charge in [0.2, 0.25) is 0 Å². The topological polar surface area (TPSA) is 70.0 Å². The number of benzene rings is 2. The van der Waals surface area contributed by atoms with Gasteiger partial charge in [-0.1, -0.05) is 6.07 Å². The van der Waals surface area contributed by atoms with E-state index in [9.17, 15) is 9.59 Å². The molecule has 92 valence electrons. The summed E-state index contributed by atoms with van der Waals surface area (Å²) in [7, 11) is 0. The van der Waals surface area contributed by atoms with Gasteiger partial charge in [0, 0.05) is 16.8 Å². The monoisotopic (exact) mass is 250 g/mol. The number of carbonyl (C=O) groups is 2. The predicted molar refractivity (Wildman–Crippen MR) is 70.9 cm³/mol. The van der Waals surface area contributed by atoms with Gasteiger partial charge in [0.1, 0.15) is 6.29 Å². The highest BCUT2D eigenvalue weighted by Crippen LogP contribution is 2.11. The first-order valence-corrected chi connectivity index (χ1v) is 5.59. The van der Waals surface area contributed by atoms with E-state index in [0.717, 1.165) is 6.29 Å². The quantitative estimate of drug-likeness (QED) is 0.851. The number of hydrogen-bond donors (Lipinski definition) is 1. The maximum Gasteiger partial charge on any atom is 0.255 e. The van der Waals surface area contributed by atoms with Crippen LogP contribution in [0.4, 0.5) is 5.69 Å². The molecule has 4 heteroatoms. The van der Waals surface area contributed by atoms with Crippen molar-refractivity contribution >= 4 is 17.9 Å². The molecule has 4 nitrogen and oxygen atoms in total. The summed E-state index contributed by atoms with van der Waals surface area (Å²) in [6, 6.07) is 15.0. The van der Waals surface area contributed by atoms with Crippen LogP contribution in [0, 0.1) is 11.3 Å². The van der Waals surface area contributed by atoms with Crippen LogP contribution in [0.15, 0.2) is 48.5 Å². The first-order chi connectivity index (χ1) is 9.22. The summed E-state index contributed by atoms with van der Waals surface area (Å²) in [6.45, 7) is 0. The average molecular weight is 250 g/mol. The molecule has 0 atom stereocenters. The van der Waals surface area contributed by atoms with E-state index in [2.05, 4.69) is 5.32 Å². The van der Waals surface area contributed by atoms with Gasteiger partial charge in [0.15, 0.2) is 0 Å². The SMILES string of the molecule is N#Cc1cccc(C(=O)Nc2ccc(C=O)cc2)c1. The maximum atomic E-state index is 11.9. The molecular weight excluding hydrogens is 240 g/mol. The highest BCUT2D eigenvalue weighted by molar-refractivity contribution is 6.04. The minimum Gasteiger partial charge on any atom is -0.322 e. The van der Waals surface area contributed by atoms with E-state index in [1.165, 1.54) is 6.07 Å². The molecule has 2 rings (SSSR count). The molecule has 0 unspecified atom stereocenters. The fourth-order valence-electron chi connectivity index (χ4n) is 1.58. The second kappa shape index (κ2) is 5.61.